The second-order valence-electron chi connectivity index (χ2n) is 9.67. The minimum atomic E-state index is -0.968. The molecule has 1 aromatic rings. The van der Waals surface area contributed by atoms with E-state index >= 15 is 0 Å². The summed E-state index contributed by atoms with van der Waals surface area (Å²) in [5, 5.41) is 21.2. The molecule has 2 heterocycles. The zero-order valence-corrected chi connectivity index (χ0v) is 20.9. The maximum Gasteiger partial charge on any atom is 0.186 e. The zero-order valence-electron chi connectivity index (χ0n) is 20.9. The summed E-state index contributed by atoms with van der Waals surface area (Å²) in [5.41, 5.74) is 1.04. The Morgan fingerprint density at radius 3 is 2.35 bits per heavy atom. The van der Waals surface area contributed by atoms with Crippen molar-refractivity contribution in [3.8, 4) is 0 Å². The number of benzene rings is 1. The predicted molar refractivity (Wildman–Crippen MR) is 129 cm³/mol. The Labute approximate surface area is 204 Å². The molecule has 2 fully saturated rings. The van der Waals surface area contributed by atoms with E-state index < -0.39 is 37.0 Å². The van der Waals surface area contributed by atoms with Crippen molar-refractivity contribution < 1.29 is 33.9 Å². The third-order valence-electron chi connectivity index (χ3n) is 7.27. The molecule has 1 aromatic carbocycles. The smallest absolute Gasteiger partial charge is 0.186 e. The van der Waals surface area contributed by atoms with Crippen molar-refractivity contribution in [1.82, 2.24) is 0 Å². The van der Waals surface area contributed by atoms with Crippen LogP contribution >= 0.6 is 0 Å². The van der Waals surface area contributed by atoms with Crippen LogP contribution in [0.2, 0.25) is 0 Å². The summed E-state index contributed by atoms with van der Waals surface area (Å²) in [6.45, 7) is 12.6. The third-order valence-corrected chi connectivity index (χ3v) is 7.27. The van der Waals surface area contributed by atoms with Crippen LogP contribution in [0.4, 0.5) is 0 Å². The van der Waals surface area contributed by atoms with Gasteiger partial charge in [-0.2, -0.15) is 0 Å². The van der Waals surface area contributed by atoms with E-state index in [1.807, 2.05) is 50.3 Å². The average molecular weight is 479 g/mol. The number of rotatable bonds is 11. The molecule has 192 valence electrons. The summed E-state index contributed by atoms with van der Waals surface area (Å²) < 4.78 is 30.5. The van der Waals surface area contributed by atoms with Gasteiger partial charge in [0.15, 0.2) is 12.6 Å². The highest BCUT2D eigenvalue weighted by molar-refractivity contribution is 5.13. The highest BCUT2D eigenvalue weighted by atomic mass is 16.7. The summed E-state index contributed by atoms with van der Waals surface area (Å²) in [5.74, 6) is 0.0442. The Kier molecular flexibility index (Phi) is 10.5. The van der Waals surface area contributed by atoms with E-state index in [9.17, 15) is 10.2 Å². The minimum Gasteiger partial charge on any atom is -0.394 e. The molecule has 0 aromatic heterocycles. The molecule has 0 amide bonds. The molecule has 0 radical (unpaired) electrons. The lowest BCUT2D eigenvalue weighted by atomic mass is 9.84. The summed E-state index contributed by atoms with van der Waals surface area (Å²) in [7, 11) is 0. The molecular formula is C27H42O7. The van der Waals surface area contributed by atoms with Crippen LogP contribution in [0.5, 0.6) is 0 Å². The number of aliphatic hydroxyl groups is 2. The first-order valence-electron chi connectivity index (χ1n) is 12.5. The summed E-state index contributed by atoms with van der Waals surface area (Å²) in [6, 6.07) is 9.89. The Balaban J connectivity index is 1.64. The molecule has 7 heteroatoms. The van der Waals surface area contributed by atoms with Gasteiger partial charge in [-0.05, 0) is 31.2 Å². The number of unbranched alkanes of at least 4 members (excludes halogenated alkanes) is 1. The van der Waals surface area contributed by atoms with Crippen molar-refractivity contribution in [2.24, 2.45) is 17.8 Å². The normalized spacial score (nSPS) is 38.5. The lowest BCUT2D eigenvalue weighted by Gasteiger charge is -2.48. The fourth-order valence-electron chi connectivity index (χ4n) is 4.67. The highest BCUT2D eigenvalue weighted by Crippen LogP contribution is 2.37. The van der Waals surface area contributed by atoms with Crippen LogP contribution in [0.1, 0.15) is 46.1 Å². The van der Waals surface area contributed by atoms with Crippen LogP contribution in [-0.2, 0) is 30.3 Å². The number of hydrogen-bond donors (Lipinski definition) is 2. The van der Waals surface area contributed by atoms with Crippen LogP contribution in [-0.4, -0.2) is 66.5 Å². The van der Waals surface area contributed by atoms with Crippen molar-refractivity contribution in [3.05, 3.63) is 48.6 Å². The number of ether oxygens (including phenoxy) is 5. The van der Waals surface area contributed by atoms with E-state index in [-0.39, 0.29) is 30.5 Å². The van der Waals surface area contributed by atoms with Crippen LogP contribution in [0.15, 0.2) is 43.0 Å². The van der Waals surface area contributed by atoms with Crippen molar-refractivity contribution in [2.45, 2.75) is 90.2 Å². The Morgan fingerprint density at radius 2 is 1.68 bits per heavy atom. The van der Waals surface area contributed by atoms with Gasteiger partial charge in [0.25, 0.3) is 0 Å². The quantitative estimate of drug-likeness (QED) is 0.371. The van der Waals surface area contributed by atoms with Crippen molar-refractivity contribution in [3.63, 3.8) is 0 Å². The van der Waals surface area contributed by atoms with E-state index in [0.29, 0.717) is 13.2 Å². The second-order valence-corrected chi connectivity index (χ2v) is 9.67. The average Bonchev–Trinajstić information content (AvgIpc) is 2.84. The first-order valence-corrected chi connectivity index (χ1v) is 12.5. The van der Waals surface area contributed by atoms with Gasteiger partial charge in [0, 0.05) is 11.8 Å². The fourth-order valence-corrected chi connectivity index (χ4v) is 4.67. The van der Waals surface area contributed by atoms with Gasteiger partial charge in [-0.25, -0.2) is 0 Å². The first kappa shape index (κ1) is 27.3. The second kappa shape index (κ2) is 13.1. The van der Waals surface area contributed by atoms with Crippen molar-refractivity contribution >= 4 is 0 Å². The summed E-state index contributed by atoms with van der Waals surface area (Å²) in [4.78, 5) is 0. The molecule has 10 atom stereocenters. The Hall–Kier alpha value is -1.32. The fraction of sp³-hybridized carbons (Fsp3) is 0.704. The lowest BCUT2D eigenvalue weighted by molar-refractivity contribution is -0.341. The molecule has 0 saturated carbocycles. The van der Waals surface area contributed by atoms with Gasteiger partial charge in [0.2, 0.25) is 0 Å². The SMILES string of the molecule is C=CCCCO[C@@H]1OC(CO)[C@@H](O[C@@H]2OC(C)[C@H](C)[C@@H](OCc3ccccc3)C2O)[C@H](C)C1C. The van der Waals surface area contributed by atoms with Crippen LogP contribution in [0, 0.1) is 17.8 Å². The van der Waals surface area contributed by atoms with E-state index in [4.69, 9.17) is 23.7 Å². The number of allylic oxidation sites excluding steroid dienone is 1. The first-order chi connectivity index (χ1) is 16.4. The van der Waals surface area contributed by atoms with Gasteiger partial charge < -0.3 is 33.9 Å². The highest BCUT2D eigenvalue weighted by Gasteiger charge is 2.48. The Bertz CT molecular complexity index is 727. The molecule has 7 nitrogen and oxygen atoms in total. The molecule has 2 aliphatic heterocycles. The van der Waals surface area contributed by atoms with Crippen LogP contribution < -0.4 is 0 Å². The molecule has 0 spiro atoms. The molecule has 34 heavy (non-hydrogen) atoms. The molecule has 2 saturated heterocycles. The molecule has 0 bridgehead atoms. The third kappa shape index (κ3) is 6.66. The summed E-state index contributed by atoms with van der Waals surface area (Å²) >= 11 is 0. The standard InChI is InChI=1S/C27H42O7/c1-6-7-11-14-30-26-18(3)17(2)24(22(15-28)33-26)34-27-23(29)25(19(4)20(5)32-27)31-16-21-12-9-8-10-13-21/h6,8-10,12-13,17-20,22-29H,1,7,11,14-16H2,2-5H3/t17-,18?,19+,20?,22?,23?,24+,25-,26-,27+/m1/s1. The largest absolute Gasteiger partial charge is 0.394 e. The molecule has 3 rings (SSSR count). The molecule has 2 aliphatic rings. The predicted octanol–water partition coefficient (Wildman–Crippen LogP) is 3.67. The topological polar surface area (TPSA) is 86.6 Å². The van der Waals surface area contributed by atoms with E-state index in [1.54, 1.807) is 0 Å². The van der Waals surface area contributed by atoms with Gasteiger partial charge in [-0.3, -0.25) is 0 Å². The molecule has 2 N–H and O–H groups in total. The van der Waals surface area contributed by atoms with Gasteiger partial charge in [0.05, 0.1) is 38.1 Å². The molecule has 0 aliphatic carbocycles. The molecular weight excluding hydrogens is 436 g/mol. The van der Waals surface area contributed by atoms with Gasteiger partial charge in [0.1, 0.15) is 12.2 Å². The van der Waals surface area contributed by atoms with Crippen LogP contribution in [0.25, 0.3) is 0 Å². The monoisotopic (exact) mass is 478 g/mol. The maximum absolute atomic E-state index is 11.1. The van der Waals surface area contributed by atoms with E-state index in [2.05, 4.69) is 20.4 Å². The molecule has 4 unspecified atom stereocenters. The number of aliphatic hydroxyl groups excluding tert-OH is 2. The lowest BCUT2D eigenvalue weighted by Crippen LogP contribution is -2.59. The van der Waals surface area contributed by atoms with Gasteiger partial charge in [-0.15, -0.1) is 6.58 Å². The number of hydrogen-bond acceptors (Lipinski definition) is 7. The van der Waals surface area contributed by atoms with E-state index in [1.165, 1.54) is 0 Å². The van der Waals surface area contributed by atoms with Crippen molar-refractivity contribution in [2.75, 3.05) is 13.2 Å². The van der Waals surface area contributed by atoms with E-state index in [0.717, 1.165) is 18.4 Å². The zero-order chi connectivity index (χ0) is 24.7. The van der Waals surface area contributed by atoms with Gasteiger partial charge in [-0.1, -0.05) is 57.2 Å². The Morgan fingerprint density at radius 1 is 0.941 bits per heavy atom. The minimum absolute atomic E-state index is 0.0144. The van der Waals surface area contributed by atoms with Gasteiger partial charge >= 0.3 is 0 Å². The summed E-state index contributed by atoms with van der Waals surface area (Å²) in [6.07, 6.45) is -0.295. The van der Waals surface area contributed by atoms with Crippen LogP contribution in [0.3, 0.4) is 0 Å². The van der Waals surface area contributed by atoms with Crippen molar-refractivity contribution in [1.29, 1.82) is 0 Å². The maximum atomic E-state index is 11.1.